The van der Waals surface area contributed by atoms with Gasteiger partial charge in [-0.05, 0) is 18.8 Å². The summed E-state index contributed by atoms with van der Waals surface area (Å²) in [5.74, 6) is -0.875. The summed E-state index contributed by atoms with van der Waals surface area (Å²) in [5, 5.41) is 8.79. The highest BCUT2D eigenvalue weighted by Gasteiger charge is 2.28. The lowest BCUT2D eigenvalue weighted by molar-refractivity contribution is -0.140. The molecule has 1 aromatic heterocycles. The van der Waals surface area contributed by atoms with Crippen molar-refractivity contribution >= 4 is 5.97 Å². The molecule has 76 valence electrons. The second kappa shape index (κ2) is 3.42. The maximum atomic E-state index is 10.7. The second-order valence-electron chi connectivity index (χ2n) is 3.70. The molecule has 0 saturated heterocycles. The van der Waals surface area contributed by atoms with Gasteiger partial charge in [0.2, 0.25) is 0 Å². The van der Waals surface area contributed by atoms with Gasteiger partial charge in [0.25, 0.3) is 0 Å². The van der Waals surface area contributed by atoms with E-state index < -0.39 is 12.0 Å². The Morgan fingerprint density at radius 2 is 2.57 bits per heavy atom. The highest BCUT2D eigenvalue weighted by atomic mass is 16.4. The molecule has 0 radical (unpaired) electrons. The minimum Gasteiger partial charge on any atom is -0.480 e. The van der Waals surface area contributed by atoms with Crippen molar-refractivity contribution in [3.8, 4) is 0 Å². The largest absolute Gasteiger partial charge is 0.480 e. The predicted octanol–water partition coefficient (Wildman–Crippen LogP) is -0.143. The Hall–Kier alpha value is -1.36. The molecule has 0 aromatic carbocycles. The summed E-state index contributed by atoms with van der Waals surface area (Å²) >= 11 is 0. The first kappa shape index (κ1) is 9.21. The highest BCUT2D eigenvalue weighted by Crippen LogP contribution is 2.21. The Morgan fingerprint density at radius 3 is 3.29 bits per heavy atom. The van der Waals surface area contributed by atoms with Crippen molar-refractivity contribution in [1.29, 1.82) is 0 Å². The van der Waals surface area contributed by atoms with Gasteiger partial charge in [0.1, 0.15) is 6.04 Å². The molecule has 1 aromatic rings. The Labute approximate surface area is 81.5 Å². The van der Waals surface area contributed by atoms with E-state index in [1.54, 1.807) is 12.5 Å². The van der Waals surface area contributed by atoms with Crippen molar-refractivity contribution in [1.82, 2.24) is 9.55 Å². The van der Waals surface area contributed by atoms with Crippen molar-refractivity contribution < 1.29 is 9.90 Å². The lowest BCUT2D eigenvalue weighted by Gasteiger charge is -2.26. The van der Waals surface area contributed by atoms with Crippen LogP contribution in [-0.2, 0) is 17.8 Å². The number of rotatable bonds is 2. The summed E-state index contributed by atoms with van der Waals surface area (Å²) < 4.78 is 2.05. The summed E-state index contributed by atoms with van der Waals surface area (Å²) in [6.07, 6.45) is 5.09. The monoisotopic (exact) mass is 195 g/mol. The summed E-state index contributed by atoms with van der Waals surface area (Å²) in [6.45, 7) is 0.820. The molecule has 2 atom stereocenters. The number of imidazole rings is 1. The van der Waals surface area contributed by atoms with E-state index in [9.17, 15) is 4.79 Å². The maximum Gasteiger partial charge on any atom is 0.320 e. The van der Waals surface area contributed by atoms with E-state index in [2.05, 4.69) is 4.98 Å². The molecular formula is C9H13N3O2. The fourth-order valence-electron chi connectivity index (χ4n) is 1.90. The lowest BCUT2D eigenvalue weighted by Crippen LogP contribution is -2.41. The number of carbonyl (C=O) groups is 1. The fraction of sp³-hybridized carbons (Fsp3) is 0.556. The fourth-order valence-corrected chi connectivity index (χ4v) is 1.90. The quantitative estimate of drug-likeness (QED) is 0.688. The third kappa shape index (κ3) is 1.50. The zero-order valence-corrected chi connectivity index (χ0v) is 7.76. The van der Waals surface area contributed by atoms with Crippen molar-refractivity contribution in [2.45, 2.75) is 25.4 Å². The van der Waals surface area contributed by atoms with Crippen LogP contribution in [0.1, 0.15) is 12.1 Å². The molecule has 3 N–H and O–H groups in total. The predicted molar refractivity (Wildman–Crippen MR) is 49.6 cm³/mol. The lowest BCUT2D eigenvalue weighted by atomic mass is 9.89. The SMILES string of the molecule is NC(C(=O)O)C1CCn2cncc2C1. The van der Waals surface area contributed by atoms with Crippen molar-refractivity contribution in [3.05, 3.63) is 18.2 Å². The molecule has 0 amide bonds. The van der Waals surface area contributed by atoms with Gasteiger partial charge < -0.3 is 15.4 Å². The first-order valence-corrected chi connectivity index (χ1v) is 4.66. The molecule has 5 heteroatoms. The second-order valence-corrected chi connectivity index (χ2v) is 3.70. The number of hydrogen-bond acceptors (Lipinski definition) is 3. The van der Waals surface area contributed by atoms with Crippen LogP contribution in [0.15, 0.2) is 12.5 Å². The number of aromatic nitrogens is 2. The zero-order chi connectivity index (χ0) is 10.1. The van der Waals surface area contributed by atoms with Crippen molar-refractivity contribution in [2.75, 3.05) is 0 Å². The average molecular weight is 195 g/mol. The zero-order valence-electron chi connectivity index (χ0n) is 7.76. The molecule has 0 saturated carbocycles. The van der Waals surface area contributed by atoms with Gasteiger partial charge in [-0.2, -0.15) is 0 Å². The molecule has 1 aliphatic rings. The van der Waals surface area contributed by atoms with Crippen LogP contribution in [0, 0.1) is 5.92 Å². The van der Waals surface area contributed by atoms with Gasteiger partial charge in [0.05, 0.1) is 6.33 Å². The molecule has 2 rings (SSSR count). The first-order chi connectivity index (χ1) is 6.68. The summed E-state index contributed by atoms with van der Waals surface area (Å²) in [5.41, 5.74) is 6.67. The number of fused-ring (bicyclic) bond motifs is 1. The maximum absolute atomic E-state index is 10.7. The number of nitrogens with zero attached hydrogens (tertiary/aromatic N) is 2. The van der Waals surface area contributed by atoms with E-state index in [1.165, 1.54) is 0 Å². The standard InChI is InChI=1S/C9H13N3O2/c10-8(9(13)14)6-1-2-12-5-11-4-7(12)3-6/h4-6,8H,1-3,10H2,(H,13,14). The van der Waals surface area contributed by atoms with Gasteiger partial charge in [-0.1, -0.05) is 0 Å². The number of aryl methyl sites for hydroxylation is 1. The summed E-state index contributed by atoms with van der Waals surface area (Å²) in [7, 11) is 0. The summed E-state index contributed by atoms with van der Waals surface area (Å²) in [4.78, 5) is 14.7. The van der Waals surface area contributed by atoms with Crippen LogP contribution >= 0.6 is 0 Å². The number of nitrogens with two attached hydrogens (primary N) is 1. The van der Waals surface area contributed by atoms with Crippen LogP contribution in [0.25, 0.3) is 0 Å². The van der Waals surface area contributed by atoms with E-state index in [0.29, 0.717) is 6.42 Å². The number of aliphatic carboxylic acids is 1. The number of carboxylic acid groups (broad SMARTS) is 1. The van der Waals surface area contributed by atoms with E-state index in [4.69, 9.17) is 10.8 Å². The first-order valence-electron chi connectivity index (χ1n) is 4.66. The van der Waals surface area contributed by atoms with Crippen LogP contribution < -0.4 is 5.73 Å². The van der Waals surface area contributed by atoms with E-state index >= 15 is 0 Å². The molecule has 2 heterocycles. The normalized spacial score (nSPS) is 22.8. The van der Waals surface area contributed by atoms with Crippen LogP contribution in [0.2, 0.25) is 0 Å². The Bertz CT molecular complexity index is 348. The molecular weight excluding hydrogens is 182 g/mol. The van der Waals surface area contributed by atoms with E-state index in [-0.39, 0.29) is 5.92 Å². The van der Waals surface area contributed by atoms with Crippen LogP contribution in [0.5, 0.6) is 0 Å². The minimum absolute atomic E-state index is 0.0386. The highest BCUT2D eigenvalue weighted by molar-refractivity contribution is 5.73. The molecule has 5 nitrogen and oxygen atoms in total. The van der Waals surface area contributed by atoms with Gasteiger partial charge in [0, 0.05) is 18.4 Å². The molecule has 0 bridgehead atoms. The third-order valence-corrected chi connectivity index (χ3v) is 2.80. The minimum atomic E-state index is -0.914. The van der Waals surface area contributed by atoms with E-state index in [1.807, 2.05) is 4.57 Å². The molecule has 1 aliphatic heterocycles. The van der Waals surface area contributed by atoms with Crippen LogP contribution in [0.4, 0.5) is 0 Å². The molecule has 14 heavy (non-hydrogen) atoms. The Kier molecular flexibility index (Phi) is 2.25. The summed E-state index contributed by atoms with van der Waals surface area (Å²) in [6, 6.07) is -0.751. The Morgan fingerprint density at radius 1 is 1.79 bits per heavy atom. The smallest absolute Gasteiger partial charge is 0.320 e. The topological polar surface area (TPSA) is 81.1 Å². The van der Waals surface area contributed by atoms with Gasteiger partial charge in [-0.15, -0.1) is 0 Å². The van der Waals surface area contributed by atoms with Crippen LogP contribution in [0.3, 0.4) is 0 Å². The van der Waals surface area contributed by atoms with Gasteiger partial charge in [-0.25, -0.2) is 4.98 Å². The molecule has 0 aliphatic carbocycles. The van der Waals surface area contributed by atoms with E-state index in [0.717, 1.165) is 18.7 Å². The number of hydrogen-bond donors (Lipinski definition) is 2. The van der Waals surface area contributed by atoms with Gasteiger partial charge in [-0.3, -0.25) is 4.79 Å². The molecule has 0 fully saturated rings. The number of carboxylic acids is 1. The van der Waals surface area contributed by atoms with Crippen molar-refractivity contribution in [2.24, 2.45) is 11.7 Å². The third-order valence-electron chi connectivity index (χ3n) is 2.80. The van der Waals surface area contributed by atoms with Crippen molar-refractivity contribution in [3.63, 3.8) is 0 Å². The Balaban J connectivity index is 2.11. The van der Waals surface area contributed by atoms with Gasteiger partial charge >= 0.3 is 5.97 Å². The average Bonchev–Trinajstić information content (AvgIpc) is 2.62. The van der Waals surface area contributed by atoms with Crippen LogP contribution in [-0.4, -0.2) is 26.7 Å². The molecule has 0 spiro atoms. The molecule has 2 unspecified atom stereocenters. The van der Waals surface area contributed by atoms with Gasteiger partial charge in [0.15, 0.2) is 0 Å².